The lowest BCUT2D eigenvalue weighted by atomic mass is 9.94. The molecule has 2 heterocycles. The van der Waals surface area contributed by atoms with Crippen molar-refractivity contribution < 1.29 is 9.53 Å². The lowest BCUT2D eigenvalue weighted by Gasteiger charge is -2.30. The summed E-state index contributed by atoms with van der Waals surface area (Å²) in [7, 11) is 0. The van der Waals surface area contributed by atoms with Crippen LogP contribution < -0.4 is 5.32 Å². The molecule has 1 aliphatic heterocycles. The number of nitrogens with zero attached hydrogens (tertiary/aromatic N) is 2. The Morgan fingerprint density at radius 2 is 2.15 bits per heavy atom. The van der Waals surface area contributed by atoms with E-state index in [0.717, 1.165) is 24.5 Å². The number of ether oxygens (including phenoxy) is 1. The van der Waals surface area contributed by atoms with Crippen molar-refractivity contribution in [1.82, 2.24) is 9.78 Å². The number of aromatic nitrogens is 2. The van der Waals surface area contributed by atoms with Gasteiger partial charge in [0.25, 0.3) is 0 Å². The summed E-state index contributed by atoms with van der Waals surface area (Å²) in [6.07, 6.45) is 6.33. The maximum absolute atomic E-state index is 12.1. The van der Waals surface area contributed by atoms with E-state index >= 15 is 0 Å². The minimum absolute atomic E-state index is 0.258. The maximum Gasteiger partial charge on any atom is 0.343 e. The summed E-state index contributed by atoms with van der Waals surface area (Å²) in [5, 5.41) is 7.98. The van der Waals surface area contributed by atoms with Crippen LogP contribution in [0.3, 0.4) is 0 Å². The fourth-order valence-electron chi connectivity index (χ4n) is 3.64. The van der Waals surface area contributed by atoms with Crippen LogP contribution in [0.25, 0.3) is 0 Å². The molecular formula is C15H23N3O2. The number of nitrogens with one attached hydrogen (secondary N) is 1. The van der Waals surface area contributed by atoms with Crippen molar-refractivity contribution in [3.05, 3.63) is 11.3 Å². The molecule has 1 aliphatic carbocycles. The number of anilines is 1. The van der Waals surface area contributed by atoms with Gasteiger partial charge in [0.1, 0.15) is 11.4 Å². The van der Waals surface area contributed by atoms with Crippen molar-refractivity contribution in [3.63, 3.8) is 0 Å². The fourth-order valence-corrected chi connectivity index (χ4v) is 3.64. The molecule has 0 radical (unpaired) electrons. The van der Waals surface area contributed by atoms with Gasteiger partial charge >= 0.3 is 5.97 Å². The van der Waals surface area contributed by atoms with Crippen molar-refractivity contribution in [1.29, 1.82) is 0 Å². The highest BCUT2D eigenvalue weighted by atomic mass is 16.5. The van der Waals surface area contributed by atoms with Crippen LogP contribution in [0.2, 0.25) is 0 Å². The Labute approximate surface area is 119 Å². The number of carbonyl (C=O) groups is 1. The molecule has 0 amide bonds. The van der Waals surface area contributed by atoms with E-state index in [2.05, 4.69) is 15.1 Å². The van der Waals surface area contributed by atoms with Gasteiger partial charge in [-0.1, -0.05) is 12.8 Å². The summed E-state index contributed by atoms with van der Waals surface area (Å²) in [6, 6.07) is 0.440. The number of aryl methyl sites for hydroxylation is 1. The van der Waals surface area contributed by atoms with Crippen LogP contribution in [0.15, 0.2) is 0 Å². The van der Waals surface area contributed by atoms with Gasteiger partial charge < -0.3 is 10.1 Å². The molecule has 5 nitrogen and oxygen atoms in total. The topological polar surface area (TPSA) is 56.1 Å². The molecule has 5 heteroatoms. The van der Waals surface area contributed by atoms with Crippen LogP contribution in [0.4, 0.5) is 5.82 Å². The van der Waals surface area contributed by atoms with Crippen molar-refractivity contribution >= 4 is 11.8 Å². The SMILES string of the molecule is CCOC(=O)c1c(C)nn2c1NCCC2C1CCCC1. The zero-order valence-electron chi connectivity index (χ0n) is 12.3. The van der Waals surface area contributed by atoms with E-state index in [4.69, 9.17) is 4.74 Å². The monoisotopic (exact) mass is 277 g/mol. The number of rotatable bonds is 3. The van der Waals surface area contributed by atoms with E-state index in [1.165, 1.54) is 25.7 Å². The summed E-state index contributed by atoms with van der Waals surface area (Å²) >= 11 is 0. The summed E-state index contributed by atoms with van der Waals surface area (Å²) in [6.45, 7) is 5.04. The molecule has 1 unspecified atom stereocenters. The minimum atomic E-state index is -0.258. The summed E-state index contributed by atoms with van der Waals surface area (Å²) in [5.74, 6) is 1.32. The first-order chi connectivity index (χ1) is 9.72. The average Bonchev–Trinajstić information content (AvgIpc) is 3.04. The second kappa shape index (κ2) is 5.46. The van der Waals surface area contributed by atoms with Crippen LogP contribution in [-0.4, -0.2) is 28.9 Å². The molecule has 3 rings (SSSR count). The Morgan fingerprint density at radius 1 is 1.40 bits per heavy atom. The molecule has 20 heavy (non-hydrogen) atoms. The lowest BCUT2D eigenvalue weighted by Crippen LogP contribution is -2.28. The van der Waals surface area contributed by atoms with Crippen LogP contribution in [0.1, 0.15) is 61.1 Å². The summed E-state index contributed by atoms with van der Waals surface area (Å²) in [5.41, 5.74) is 1.39. The van der Waals surface area contributed by atoms with Gasteiger partial charge in [0, 0.05) is 6.54 Å². The van der Waals surface area contributed by atoms with Gasteiger partial charge in [0.2, 0.25) is 0 Å². The number of fused-ring (bicyclic) bond motifs is 1. The third-order valence-corrected chi connectivity index (χ3v) is 4.56. The molecule has 0 saturated heterocycles. The first kappa shape index (κ1) is 13.5. The van der Waals surface area contributed by atoms with Crippen LogP contribution in [-0.2, 0) is 4.74 Å². The standard InChI is InChI=1S/C15H23N3O2/c1-3-20-15(19)13-10(2)17-18-12(8-9-16-14(13)18)11-6-4-5-7-11/h11-12,16H,3-9H2,1-2H3. The van der Waals surface area contributed by atoms with Crippen molar-refractivity contribution in [2.45, 2.75) is 52.0 Å². The van der Waals surface area contributed by atoms with E-state index in [-0.39, 0.29) is 5.97 Å². The molecule has 1 atom stereocenters. The molecule has 1 saturated carbocycles. The second-order valence-corrected chi connectivity index (χ2v) is 5.80. The van der Waals surface area contributed by atoms with Gasteiger partial charge in [-0.05, 0) is 39.0 Å². The Bertz CT molecular complexity index is 503. The predicted molar refractivity (Wildman–Crippen MR) is 77.0 cm³/mol. The lowest BCUT2D eigenvalue weighted by molar-refractivity contribution is 0.0526. The zero-order chi connectivity index (χ0) is 14.1. The molecule has 0 bridgehead atoms. The first-order valence-electron chi connectivity index (χ1n) is 7.72. The van der Waals surface area contributed by atoms with Crippen LogP contribution >= 0.6 is 0 Å². The maximum atomic E-state index is 12.1. The molecule has 0 spiro atoms. The van der Waals surface area contributed by atoms with Gasteiger partial charge in [-0.15, -0.1) is 0 Å². The summed E-state index contributed by atoms with van der Waals surface area (Å²) in [4.78, 5) is 12.1. The average molecular weight is 277 g/mol. The molecule has 110 valence electrons. The molecular weight excluding hydrogens is 254 g/mol. The quantitative estimate of drug-likeness (QED) is 0.863. The zero-order valence-corrected chi connectivity index (χ0v) is 12.3. The molecule has 0 aromatic carbocycles. The van der Waals surface area contributed by atoms with Gasteiger partial charge in [-0.25, -0.2) is 9.48 Å². The highest BCUT2D eigenvalue weighted by molar-refractivity contribution is 5.96. The Balaban J connectivity index is 1.94. The van der Waals surface area contributed by atoms with Crippen molar-refractivity contribution in [3.8, 4) is 0 Å². The minimum Gasteiger partial charge on any atom is -0.462 e. The third kappa shape index (κ3) is 2.19. The van der Waals surface area contributed by atoms with Gasteiger partial charge in [-0.2, -0.15) is 5.10 Å². The largest absolute Gasteiger partial charge is 0.462 e. The number of esters is 1. The molecule has 1 fully saturated rings. The number of hydrogen-bond donors (Lipinski definition) is 1. The first-order valence-corrected chi connectivity index (χ1v) is 7.72. The molecule has 2 aliphatic rings. The van der Waals surface area contributed by atoms with Gasteiger partial charge in [0.15, 0.2) is 0 Å². The van der Waals surface area contributed by atoms with E-state index in [1.807, 2.05) is 13.8 Å². The third-order valence-electron chi connectivity index (χ3n) is 4.56. The summed E-state index contributed by atoms with van der Waals surface area (Å²) < 4.78 is 7.22. The van der Waals surface area contributed by atoms with Crippen LogP contribution in [0.5, 0.6) is 0 Å². The normalized spacial score (nSPS) is 22.4. The second-order valence-electron chi connectivity index (χ2n) is 5.80. The van der Waals surface area contributed by atoms with E-state index in [0.29, 0.717) is 24.1 Å². The molecule has 1 aromatic rings. The van der Waals surface area contributed by atoms with E-state index in [9.17, 15) is 4.79 Å². The Morgan fingerprint density at radius 3 is 2.85 bits per heavy atom. The number of hydrogen-bond acceptors (Lipinski definition) is 4. The van der Waals surface area contributed by atoms with E-state index in [1.54, 1.807) is 0 Å². The Kier molecular flexibility index (Phi) is 3.68. The van der Waals surface area contributed by atoms with Crippen molar-refractivity contribution in [2.75, 3.05) is 18.5 Å². The van der Waals surface area contributed by atoms with Crippen LogP contribution in [0, 0.1) is 12.8 Å². The van der Waals surface area contributed by atoms with Crippen molar-refractivity contribution in [2.24, 2.45) is 5.92 Å². The van der Waals surface area contributed by atoms with Gasteiger partial charge in [-0.3, -0.25) is 0 Å². The smallest absolute Gasteiger partial charge is 0.343 e. The highest BCUT2D eigenvalue weighted by Gasteiger charge is 2.34. The fraction of sp³-hybridized carbons (Fsp3) is 0.733. The predicted octanol–water partition coefficient (Wildman–Crippen LogP) is 2.92. The highest BCUT2D eigenvalue weighted by Crippen LogP contribution is 2.40. The Hall–Kier alpha value is -1.52. The van der Waals surface area contributed by atoms with E-state index < -0.39 is 0 Å². The molecule has 1 N–H and O–H groups in total. The number of carbonyl (C=O) groups excluding carboxylic acids is 1. The molecule has 1 aromatic heterocycles. The van der Waals surface area contributed by atoms with Gasteiger partial charge in [0.05, 0.1) is 18.3 Å².